The smallest absolute Gasteiger partial charge is 0.189 e. The van der Waals surface area contributed by atoms with Crippen molar-refractivity contribution in [3.05, 3.63) is 27.7 Å². The number of ether oxygens (including phenoxy) is 2. The molecule has 0 amide bonds. The molecule has 1 aromatic carbocycles. The average molecular weight is 286 g/mol. The molecule has 0 fully saturated rings. The van der Waals surface area contributed by atoms with Crippen LogP contribution in [0.15, 0.2) is 16.6 Å². The highest BCUT2D eigenvalue weighted by molar-refractivity contribution is 9.10. The summed E-state index contributed by atoms with van der Waals surface area (Å²) < 4.78 is 11.9. The molecule has 0 bridgehead atoms. The second-order valence-electron chi connectivity index (χ2n) is 4.07. The van der Waals surface area contributed by atoms with Gasteiger partial charge in [-0.2, -0.15) is 0 Å². The Balaban J connectivity index is 2.38. The lowest BCUT2D eigenvalue weighted by atomic mass is 9.94. The van der Waals surface area contributed by atoms with Crippen molar-refractivity contribution in [2.45, 2.75) is 25.9 Å². The van der Waals surface area contributed by atoms with E-state index in [1.807, 2.05) is 6.07 Å². The molecule has 1 aliphatic heterocycles. The minimum absolute atomic E-state index is 0.344. The van der Waals surface area contributed by atoms with E-state index in [1.165, 1.54) is 5.56 Å². The van der Waals surface area contributed by atoms with Crippen molar-refractivity contribution in [3.8, 4) is 5.75 Å². The molecule has 2 rings (SSSR count). The van der Waals surface area contributed by atoms with E-state index < -0.39 is 0 Å². The van der Waals surface area contributed by atoms with Gasteiger partial charge in [-0.3, -0.25) is 0 Å². The van der Waals surface area contributed by atoms with Gasteiger partial charge < -0.3 is 15.2 Å². The molecule has 3 nitrogen and oxygen atoms in total. The van der Waals surface area contributed by atoms with Gasteiger partial charge in [-0.15, -0.1) is 0 Å². The highest BCUT2D eigenvalue weighted by atomic mass is 79.9. The van der Waals surface area contributed by atoms with Crippen LogP contribution in [0.5, 0.6) is 5.75 Å². The Bertz CT molecular complexity index is 382. The molecule has 1 unspecified atom stereocenters. The fraction of sp³-hybridized carbons (Fsp3) is 0.500. The molecule has 4 heteroatoms. The Morgan fingerprint density at radius 1 is 1.50 bits per heavy atom. The summed E-state index contributed by atoms with van der Waals surface area (Å²) in [6, 6.07) is 4.16. The number of rotatable bonds is 3. The fourth-order valence-electron chi connectivity index (χ4n) is 1.98. The first-order valence-electron chi connectivity index (χ1n) is 5.45. The number of benzene rings is 1. The predicted molar refractivity (Wildman–Crippen MR) is 66.5 cm³/mol. The fourth-order valence-corrected chi connectivity index (χ4v) is 2.50. The quantitative estimate of drug-likeness (QED) is 0.929. The van der Waals surface area contributed by atoms with Gasteiger partial charge >= 0.3 is 0 Å². The van der Waals surface area contributed by atoms with Crippen molar-refractivity contribution in [1.29, 1.82) is 0 Å². The molecule has 0 spiro atoms. The van der Waals surface area contributed by atoms with Crippen molar-refractivity contribution >= 4 is 15.9 Å². The van der Waals surface area contributed by atoms with E-state index in [0.717, 1.165) is 22.2 Å². The van der Waals surface area contributed by atoms with Crippen LogP contribution in [-0.4, -0.2) is 13.3 Å². The van der Waals surface area contributed by atoms with E-state index in [2.05, 4.69) is 28.9 Å². The molecule has 0 aromatic heterocycles. The summed E-state index contributed by atoms with van der Waals surface area (Å²) in [5.41, 5.74) is 7.93. The molecule has 16 heavy (non-hydrogen) atoms. The minimum Gasteiger partial charge on any atom is -0.467 e. The maximum Gasteiger partial charge on any atom is 0.189 e. The van der Waals surface area contributed by atoms with E-state index >= 15 is 0 Å². The first-order chi connectivity index (χ1) is 7.72. The number of nitrogens with two attached hydrogens (primary N) is 1. The predicted octanol–water partition coefficient (Wildman–Crippen LogP) is 2.77. The van der Waals surface area contributed by atoms with Gasteiger partial charge in [-0.05, 0) is 36.6 Å². The average Bonchev–Trinajstić information content (AvgIpc) is 2.28. The van der Waals surface area contributed by atoms with Crippen LogP contribution >= 0.6 is 15.9 Å². The number of hydrogen-bond donors (Lipinski definition) is 1. The standard InChI is InChI=1S/C12H16BrNO2/c1-8(2-3-14)11-5-10(13)4-9-6-15-7-16-12(9)11/h4-5,8H,2-3,6-7,14H2,1H3. The molecule has 0 radical (unpaired) electrons. The number of fused-ring (bicyclic) bond motifs is 1. The maximum absolute atomic E-state index is 5.60. The molecular formula is C12H16BrNO2. The van der Waals surface area contributed by atoms with E-state index in [9.17, 15) is 0 Å². The van der Waals surface area contributed by atoms with Crippen LogP contribution in [0.4, 0.5) is 0 Å². The highest BCUT2D eigenvalue weighted by Crippen LogP contribution is 2.36. The van der Waals surface area contributed by atoms with Crippen molar-refractivity contribution < 1.29 is 9.47 Å². The molecule has 88 valence electrons. The maximum atomic E-state index is 5.60. The second-order valence-corrected chi connectivity index (χ2v) is 4.99. The van der Waals surface area contributed by atoms with Crippen molar-refractivity contribution in [3.63, 3.8) is 0 Å². The van der Waals surface area contributed by atoms with Crippen molar-refractivity contribution in [1.82, 2.24) is 0 Å². The van der Waals surface area contributed by atoms with Crippen LogP contribution in [0, 0.1) is 0 Å². The molecule has 1 atom stereocenters. The van der Waals surface area contributed by atoms with Gasteiger partial charge in [0.15, 0.2) is 6.79 Å². The topological polar surface area (TPSA) is 44.5 Å². The number of halogens is 1. The van der Waals surface area contributed by atoms with Gasteiger partial charge in [-0.1, -0.05) is 22.9 Å². The molecule has 1 aliphatic rings. The lowest BCUT2D eigenvalue weighted by Crippen LogP contribution is -2.15. The summed E-state index contributed by atoms with van der Waals surface area (Å²) in [6.45, 7) is 3.83. The largest absolute Gasteiger partial charge is 0.467 e. The monoisotopic (exact) mass is 285 g/mol. The molecule has 1 aromatic rings. The Morgan fingerprint density at radius 3 is 3.06 bits per heavy atom. The summed E-state index contributed by atoms with van der Waals surface area (Å²) >= 11 is 3.52. The summed E-state index contributed by atoms with van der Waals surface area (Å²) in [6.07, 6.45) is 0.965. The van der Waals surface area contributed by atoms with Gasteiger partial charge in [0.1, 0.15) is 5.75 Å². The summed E-state index contributed by atoms with van der Waals surface area (Å²) in [5, 5.41) is 0. The third kappa shape index (κ3) is 2.39. The summed E-state index contributed by atoms with van der Waals surface area (Å²) in [4.78, 5) is 0. The first-order valence-corrected chi connectivity index (χ1v) is 6.24. The van der Waals surface area contributed by atoms with Crippen LogP contribution in [0.3, 0.4) is 0 Å². The van der Waals surface area contributed by atoms with Crippen LogP contribution in [0.1, 0.15) is 30.4 Å². The van der Waals surface area contributed by atoms with Gasteiger partial charge in [0.2, 0.25) is 0 Å². The SMILES string of the molecule is CC(CCN)c1cc(Br)cc2c1OCOC2. The first kappa shape index (κ1) is 11.9. The zero-order chi connectivity index (χ0) is 11.5. The Labute approximate surface area is 104 Å². The van der Waals surface area contributed by atoms with Crippen LogP contribution in [0.25, 0.3) is 0 Å². The van der Waals surface area contributed by atoms with E-state index in [0.29, 0.717) is 25.9 Å². The van der Waals surface area contributed by atoms with E-state index in [1.54, 1.807) is 0 Å². The summed E-state index contributed by atoms with van der Waals surface area (Å²) in [5.74, 6) is 1.39. The number of hydrogen-bond acceptors (Lipinski definition) is 3. The highest BCUT2D eigenvalue weighted by Gasteiger charge is 2.19. The van der Waals surface area contributed by atoms with Crippen molar-refractivity contribution in [2.75, 3.05) is 13.3 Å². The molecule has 1 heterocycles. The molecule has 0 saturated carbocycles. The van der Waals surface area contributed by atoms with Crippen LogP contribution in [-0.2, 0) is 11.3 Å². The van der Waals surface area contributed by atoms with Gasteiger partial charge in [0.25, 0.3) is 0 Å². The summed E-state index contributed by atoms with van der Waals surface area (Å²) in [7, 11) is 0. The third-order valence-electron chi connectivity index (χ3n) is 2.83. The Kier molecular flexibility index (Phi) is 3.84. The van der Waals surface area contributed by atoms with Crippen molar-refractivity contribution in [2.24, 2.45) is 5.73 Å². The molecule has 2 N–H and O–H groups in total. The van der Waals surface area contributed by atoms with Crippen LogP contribution < -0.4 is 10.5 Å². The zero-order valence-corrected chi connectivity index (χ0v) is 10.9. The normalized spacial score (nSPS) is 16.4. The van der Waals surface area contributed by atoms with Crippen LogP contribution in [0.2, 0.25) is 0 Å². The van der Waals surface area contributed by atoms with Gasteiger partial charge in [-0.25, -0.2) is 0 Å². The van der Waals surface area contributed by atoms with Gasteiger partial charge in [0.05, 0.1) is 6.61 Å². The Morgan fingerprint density at radius 2 is 2.31 bits per heavy atom. The minimum atomic E-state index is 0.344. The van der Waals surface area contributed by atoms with E-state index in [4.69, 9.17) is 15.2 Å². The van der Waals surface area contributed by atoms with E-state index in [-0.39, 0.29) is 0 Å². The third-order valence-corrected chi connectivity index (χ3v) is 3.29. The molecule has 0 saturated heterocycles. The lowest BCUT2D eigenvalue weighted by molar-refractivity contribution is -0.0172. The Hall–Kier alpha value is -0.580. The lowest BCUT2D eigenvalue weighted by Gasteiger charge is -2.23. The molecular weight excluding hydrogens is 270 g/mol. The van der Waals surface area contributed by atoms with Gasteiger partial charge in [0, 0.05) is 10.0 Å². The second kappa shape index (κ2) is 5.17. The molecule has 0 aliphatic carbocycles. The zero-order valence-electron chi connectivity index (χ0n) is 9.33.